The second-order valence-corrected chi connectivity index (χ2v) is 5.67. The van der Waals surface area contributed by atoms with Crippen molar-refractivity contribution in [3.8, 4) is 11.6 Å². The number of benzene rings is 1. The topological polar surface area (TPSA) is 85.0 Å². The van der Waals surface area contributed by atoms with Crippen LogP contribution in [0.2, 0.25) is 0 Å². The maximum Gasteiger partial charge on any atom is 0.254 e. The number of aliphatic hydroxyl groups excluding tert-OH is 1. The predicted molar refractivity (Wildman–Crippen MR) is 84.8 cm³/mol. The molecule has 1 aliphatic heterocycles. The molecule has 1 saturated heterocycles. The SMILES string of the molecule is COc1cc(CCC(=O)N2C[C@@H](O)[C@H](Oc3ccccc3)C2)on1. The first-order chi connectivity index (χ1) is 11.7. The van der Waals surface area contributed by atoms with E-state index in [1.54, 1.807) is 11.0 Å². The number of aromatic nitrogens is 1. The number of methoxy groups -OCH3 is 1. The minimum absolute atomic E-state index is 0.0522. The van der Waals surface area contributed by atoms with Gasteiger partial charge in [0.05, 0.1) is 20.2 Å². The van der Waals surface area contributed by atoms with Gasteiger partial charge in [0, 0.05) is 18.9 Å². The Morgan fingerprint density at radius 2 is 2.17 bits per heavy atom. The first-order valence-electron chi connectivity index (χ1n) is 7.83. The Morgan fingerprint density at radius 3 is 2.88 bits per heavy atom. The lowest BCUT2D eigenvalue weighted by molar-refractivity contribution is -0.130. The number of hydrogen-bond donors (Lipinski definition) is 1. The highest BCUT2D eigenvalue weighted by molar-refractivity contribution is 5.76. The Balaban J connectivity index is 1.51. The average molecular weight is 332 g/mol. The standard InChI is InChI=1S/C17H20N2O5/c1-22-16-9-13(24-18-16)7-8-17(21)19-10-14(20)15(11-19)23-12-5-3-2-4-6-12/h2-6,9,14-15,20H,7-8,10-11H2,1H3/t14-,15-/m1/s1. The van der Waals surface area contributed by atoms with Crippen molar-refractivity contribution in [2.24, 2.45) is 0 Å². The molecule has 1 amide bonds. The van der Waals surface area contributed by atoms with Gasteiger partial charge in [-0.3, -0.25) is 4.79 Å². The van der Waals surface area contributed by atoms with Crippen LogP contribution in [0.4, 0.5) is 0 Å². The molecule has 7 nitrogen and oxygen atoms in total. The summed E-state index contributed by atoms with van der Waals surface area (Å²) in [6, 6.07) is 10.9. The van der Waals surface area contributed by atoms with Crippen molar-refractivity contribution in [3.63, 3.8) is 0 Å². The lowest BCUT2D eigenvalue weighted by atomic mass is 10.2. The van der Waals surface area contributed by atoms with Crippen molar-refractivity contribution in [1.82, 2.24) is 10.1 Å². The first-order valence-corrected chi connectivity index (χ1v) is 7.83. The molecule has 0 bridgehead atoms. The molecule has 1 aliphatic rings. The Hall–Kier alpha value is -2.54. The van der Waals surface area contributed by atoms with Crippen LogP contribution >= 0.6 is 0 Å². The van der Waals surface area contributed by atoms with Crippen LogP contribution < -0.4 is 9.47 Å². The molecular weight excluding hydrogens is 312 g/mol. The summed E-state index contributed by atoms with van der Waals surface area (Å²) >= 11 is 0. The highest BCUT2D eigenvalue weighted by atomic mass is 16.5. The molecule has 128 valence electrons. The van der Waals surface area contributed by atoms with Gasteiger partial charge in [0.15, 0.2) is 0 Å². The maximum atomic E-state index is 12.3. The summed E-state index contributed by atoms with van der Waals surface area (Å²) in [5.74, 6) is 1.62. The molecule has 1 N–H and O–H groups in total. The van der Waals surface area contributed by atoms with Gasteiger partial charge in [0.2, 0.25) is 5.91 Å². The van der Waals surface area contributed by atoms with Crippen molar-refractivity contribution in [2.75, 3.05) is 20.2 Å². The Labute approximate surface area is 139 Å². The number of β-amino-alcohol motifs (C(OH)–C–C–N with tert-alkyl or cyclic N) is 1. The molecule has 2 heterocycles. The number of likely N-dealkylation sites (tertiary alicyclic amines) is 1. The number of para-hydroxylation sites is 1. The van der Waals surface area contributed by atoms with Crippen LogP contribution in [0.3, 0.4) is 0 Å². The van der Waals surface area contributed by atoms with Crippen LogP contribution in [0.15, 0.2) is 40.9 Å². The smallest absolute Gasteiger partial charge is 0.254 e. The van der Waals surface area contributed by atoms with E-state index in [0.717, 1.165) is 0 Å². The van der Waals surface area contributed by atoms with Crippen LogP contribution in [-0.2, 0) is 11.2 Å². The number of ether oxygens (including phenoxy) is 2. The predicted octanol–water partition coefficient (Wildman–Crippen LogP) is 1.27. The fourth-order valence-electron chi connectivity index (χ4n) is 2.65. The molecule has 0 spiro atoms. The number of carbonyl (C=O) groups excluding carboxylic acids is 1. The highest BCUT2D eigenvalue weighted by Gasteiger charge is 2.35. The molecular formula is C17H20N2O5. The highest BCUT2D eigenvalue weighted by Crippen LogP contribution is 2.20. The quantitative estimate of drug-likeness (QED) is 0.857. The zero-order valence-electron chi connectivity index (χ0n) is 13.4. The van der Waals surface area contributed by atoms with Crippen molar-refractivity contribution < 1.29 is 23.9 Å². The Kier molecular flexibility index (Phi) is 5.00. The normalized spacial score (nSPS) is 20.2. The number of rotatable bonds is 6. The molecule has 2 atom stereocenters. The van der Waals surface area contributed by atoms with E-state index in [9.17, 15) is 9.90 Å². The number of carbonyl (C=O) groups is 1. The Bertz CT molecular complexity index is 673. The van der Waals surface area contributed by atoms with E-state index in [1.807, 2.05) is 30.3 Å². The number of hydrogen-bond acceptors (Lipinski definition) is 6. The molecule has 1 aromatic carbocycles. The third-order valence-electron chi connectivity index (χ3n) is 3.95. The molecule has 1 fully saturated rings. The summed E-state index contributed by atoms with van der Waals surface area (Å²) in [4.78, 5) is 13.9. The van der Waals surface area contributed by atoms with Gasteiger partial charge in [-0.15, -0.1) is 0 Å². The third kappa shape index (κ3) is 3.86. The van der Waals surface area contributed by atoms with Crippen molar-refractivity contribution >= 4 is 5.91 Å². The maximum absolute atomic E-state index is 12.3. The van der Waals surface area contributed by atoms with Crippen molar-refractivity contribution in [3.05, 3.63) is 42.2 Å². The molecule has 7 heteroatoms. The van der Waals surface area contributed by atoms with E-state index in [0.29, 0.717) is 30.4 Å². The number of aliphatic hydroxyl groups is 1. The van der Waals surface area contributed by atoms with Gasteiger partial charge < -0.3 is 24.0 Å². The van der Waals surface area contributed by atoms with E-state index in [4.69, 9.17) is 14.0 Å². The molecule has 0 saturated carbocycles. The fourth-order valence-corrected chi connectivity index (χ4v) is 2.65. The summed E-state index contributed by atoms with van der Waals surface area (Å²) in [5.41, 5.74) is 0. The lowest BCUT2D eigenvalue weighted by Gasteiger charge is -2.17. The Morgan fingerprint density at radius 1 is 1.38 bits per heavy atom. The van der Waals surface area contributed by atoms with Crippen molar-refractivity contribution in [1.29, 1.82) is 0 Å². The van der Waals surface area contributed by atoms with E-state index in [2.05, 4.69) is 5.16 Å². The van der Waals surface area contributed by atoms with Crippen LogP contribution in [0.25, 0.3) is 0 Å². The van der Waals surface area contributed by atoms with E-state index >= 15 is 0 Å². The zero-order chi connectivity index (χ0) is 16.9. The minimum Gasteiger partial charge on any atom is -0.486 e. The van der Waals surface area contributed by atoms with Gasteiger partial charge in [-0.2, -0.15) is 0 Å². The van der Waals surface area contributed by atoms with E-state index in [1.165, 1.54) is 7.11 Å². The van der Waals surface area contributed by atoms with Gasteiger partial charge in [-0.05, 0) is 17.3 Å². The molecule has 0 unspecified atom stereocenters. The second-order valence-electron chi connectivity index (χ2n) is 5.67. The summed E-state index contributed by atoms with van der Waals surface area (Å²) < 4.78 is 15.8. The van der Waals surface area contributed by atoms with E-state index in [-0.39, 0.29) is 18.9 Å². The van der Waals surface area contributed by atoms with Gasteiger partial charge in [0.1, 0.15) is 23.7 Å². The summed E-state index contributed by atoms with van der Waals surface area (Å²) in [6.45, 7) is 0.644. The number of amides is 1. The number of nitrogens with zero attached hydrogens (tertiary/aromatic N) is 2. The van der Waals surface area contributed by atoms with Crippen LogP contribution in [0.5, 0.6) is 11.6 Å². The number of aryl methyl sites for hydroxylation is 1. The molecule has 2 aromatic rings. The van der Waals surface area contributed by atoms with E-state index < -0.39 is 12.2 Å². The largest absolute Gasteiger partial charge is 0.486 e. The van der Waals surface area contributed by atoms with Gasteiger partial charge in [-0.25, -0.2) is 0 Å². The fraction of sp³-hybridized carbons (Fsp3) is 0.412. The summed E-state index contributed by atoms with van der Waals surface area (Å²) in [7, 11) is 1.51. The monoisotopic (exact) mass is 332 g/mol. The van der Waals surface area contributed by atoms with Gasteiger partial charge >= 0.3 is 0 Å². The molecule has 0 radical (unpaired) electrons. The van der Waals surface area contributed by atoms with Crippen LogP contribution in [0, 0.1) is 0 Å². The van der Waals surface area contributed by atoms with Crippen molar-refractivity contribution in [2.45, 2.75) is 25.0 Å². The minimum atomic E-state index is -0.695. The van der Waals surface area contributed by atoms with Crippen LogP contribution in [-0.4, -0.2) is 53.5 Å². The second kappa shape index (κ2) is 7.35. The average Bonchev–Trinajstić information content (AvgIpc) is 3.21. The summed E-state index contributed by atoms with van der Waals surface area (Å²) in [5, 5.41) is 13.8. The van der Waals surface area contributed by atoms with Gasteiger partial charge in [-0.1, -0.05) is 18.2 Å². The third-order valence-corrected chi connectivity index (χ3v) is 3.95. The summed E-state index contributed by atoms with van der Waals surface area (Å²) in [6.07, 6.45) is -0.393. The molecule has 1 aromatic heterocycles. The molecule has 24 heavy (non-hydrogen) atoms. The zero-order valence-corrected chi connectivity index (χ0v) is 13.4. The first kappa shape index (κ1) is 16.3. The molecule has 3 rings (SSSR count). The lowest BCUT2D eigenvalue weighted by Crippen LogP contribution is -2.31. The molecule has 0 aliphatic carbocycles. The van der Waals surface area contributed by atoms with Crippen LogP contribution in [0.1, 0.15) is 12.2 Å². The van der Waals surface area contributed by atoms with Gasteiger partial charge in [0.25, 0.3) is 5.88 Å².